The van der Waals surface area contributed by atoms with E-state index in [1.165, 1.54) is 38.5 Å². The Labute approximate surface area is 179 Å². The number of carboxylic acids is 1. The molecule has 0 spiro atoms. The van der Waals surface area contributed by atoms with Crippen LogP contribution in [0.15, 0.2) is 30.5 Å². The van der Waals surface area contributed by atoms with Gasteiger partial charge >= 0.3 is 5.97 Å². The number of nitrogens with zero attached hydrogens (tertiary/aromatic N) is 3. The largest absolute Gasteiger partial charge is 0.480 e. The minimum Gasteiger partial charge on any atom is -0.480 e. The molecule has 0 saturated heterocycles. The lowest BCUT2D eigenvalue weighted by Gasteiger charge is -2.19. The molecule has 1 unspecified atom stereocenters. The molecule has 1 N–H and O–H groups in total. The van der Waals surface area contributed by atoms with Gasteiger partial charge < -0.3 is 9.67 Å². The number of unbranched alkanes of at least 4 members (excludes halogenated alkanes) is 7. The van der Waals surface area contributed by atoms with Gasteiger partial charge in [-0.1, -0.05) is 83.4 Å². The second kappa shape index (κ2) is 11.1. The average Bonchev–Trinajstić information content (AvgIpc) is 3.11. The van der Waals surface area contributed by atoms with Crippen LogP contribution in [0.3, 0.4) is 0 Å². The standard InChI is InChI=1S/C25H35N3O2/c1-3-5-6-7-8-9-10-11-17-22(25(29)30)28-23(14-4-2)27-21-18-26-20-16-13-12-15-19(20)24(21)28/h12-13,15-16,18,22H,3-11,14,17H2,1-2H3,(H,29,30). The zero-order valence-corrected chi connectivity index (χ0v) is 18.4. The van der Waals surface area contributed by atoms with Crippen LogP contribution in [-0.2, 0) is 11.2 Å². The van der Waals surface area contributed by atoms with E-state index >= 15 is 0 Å². The van der Waals surface area contributed by atoms with Crippen LogP contribution in [0.1, 0.15) is 89.9 Å². The first-order valence-electron chi connectivity index (χ1n) is 11.6. The molecule has 0 fully saturated rings. The zero-order valence-electron chi connectivity index (χ0n) is 18.4. The number of aliphatic carboxylic acids is 1. The van der Waals surface area contributed by atoms with Gasteiger partial charge in [0, 0.05) is 11.8 Å². The first-order chi connectivity index (χ1) is 14.7. The number of hydrogen-bond acceptors (Lipinski definition) is 3. The Morgan fingerprint density at radius 1 is 0.967 bits per heavy atom. The molecule has 3 aromatic rings. The van der Waals surface area contributed by atoms with Gasteiger partial charge in [0.1, 0.15) is 17.4 Å². The fourth-order valence-corrected chi connectivity index (χ4v) is 4.34. The van der Waals surface area contributed by atoms with Crippen molar-refractivity contribution in [1.29, 1.82) is 0 Å². The van der Waals surface area contributed by atoms with Gasteiger partial charge in [-0.3, -0.25) is 4.98 Å². The Kier molecular flexibility index (Phi) is 8.23. The molecule has 0 bridgehead atoms. The van der Waals surface area contributed by atoms with Crippen molar-refractivity contribution in [2.24, 2.45) is 0 Å². The third-order valence-electron chi connectivity index (χ3n) is 5.90. The van der Waals surface area contributed by atoms with Gasteiger partial charge in [-0.2, -0.15) is 0 Å². The number of carboxylic acid groups (broad SMARTS) is 1. The van der Waals surface area contributed by atoms with Crippen molar-refractivity contribution >= 4 is 27.9 Å². The highest BCUT2D eigenvalue weighted by atomic mass is 16.4. The van der Waals surface area contributed by atoms with Gasteiger partial charge in [-0.05, 0) is 18.9 Å². The summed E-state index contributed by atoms with van der Waals surface area (Å²) in [5.74, 6) is 0.0908. The van der Waals surface area contributed by atoms with Crippen molar-refractivity contribution in [3.63, 3.8) is 0 Å². The van der Waals surface area contributed by atoms with Crippen molar-refractivity contribution in [2.75, 3.05) is 0 Å². The molecule has 0 amide bonds. The summed E-state index contributed by atoms with van der Waals surface area (Å²) in [5, 5.41) is 11.1. The van der Waals surface area contributed by atoms with Gasteiger partial charge in [0.2, 0.25) is 0 Å². The lowest BCUT2D eigenvalue weighted by Crippen LogP contribution is -2.21. The molecular formula is C25H35N3O2. The maximum Gasteiger partial charge on any atom is 0.326 e. The normalized spacial score (nSPS) is 12.6. The number of imidazole rings is 1. The number of pyridine rings is 1. The summed E-state index contributed by atoms with van der Waals surface area (Å²) in [5.41, 5.74) is 2.58. The number of aromatic nitrogens is 3. The molecule has 0 aliphatic carbocycles. The lowest BCUT2D eigenvalue weighted by atomic mass is 10.0. The van der Waals surface area contributed by atoms with Crippen LogP contribution in [0.5, 0.6) is 0 Å². The predicted octanol–water partition coefficient (Wildman–Crippen LogP) is 6.69. The Morgan fingerprint density at radius 3 is 2.37 bits per heavy atom. The van der Waals surface area contributed by atoms with Crippen molar-refractivity contribution < 1.29 is 9.90 Å². The SMILES string of the molecule is CCCCCCCCCCC(C(=O)O)n1c(CCC)nc2cnc3ccccc3c21. The fourth-order valence-electron chi connectivity index (χ4n) is 4.34. The summed E-state index contributed by atoms with van der Waals surface area (Å²) in [4.78, 5) is 21.6. The molecule has 5 heteroatoms. The molecule has 2 aromatic heterocycles. The van der Waals surface area contributed by atoms with E-state index < -0.39 is 12.0 Å². The third kappa shape index (κ3) is 5.18. The zero-order chi connectivity index (χ0) is 21.3. The fraction of sp³-hybridized carbons (Fsp3) is 0.560. The molecule has 2 heterocycles. The highest BCUT2D eigenvalue weighted by Gasteiger charge is 2.25. The highest BCUT2D eigenvalue weighted by molar-refractivity contribution is 6.02. The molecule has 0 saturated carbocycles. The first-order valence-corrected chi connectivity index (χ1v) is 11.6. The lowest BCUT2D eigenvalue weighted by molar-refractivity contribution is -0.141. The van der Waals surface area contributed by atoms with E-state index in [1.807, 2.05) is 28.8 Å². The highest BCUT2D eigenvalue weighted by Crippen LogP contribution is 2.30. The topological polar surface area (TPSA) is 68.0 Å². The van der Waals surface area contributed by atoms with Gasteiger partial charge in [0.15, 0.2) is 0 Å². The first kappa shape index (κ1) is 22.3. The summed E-state index contributed by atoms with van der Waals surface area (Å²) >= 11 is 0. The molecule has 1 atom stereocenters. The summed E-state index contributed by atoms with van der Waals surface area (Å²) in [6, 6.07) is 7.36. The van der Waals surface area contributed by atoms with Crippen LogP contribution in [0.4, 0.5) is 0 Å². The minimum absolute atomic E-state index is 0.581. The van der Waals surface area contributed by atoms with Crippen molar-refractivity contribution in [3.8, 4) is 0 Å². The number of benzene rings is 1. The number of para-hydroxylation sites is 1. The number of fused-ring (bicyclic) bond motifs is 3. The molecular weight excluding hydrogens is 374 g/mol. The van der Waals surface area contributed by atoms with Crippen LogP contribution >= 0.6 is 0 Å². The summed E-state index contributed by atoms with van der Waals surface area (Å²) in [6.07, 6.45) is 13.8. The molecule has 0 aliphatic heterocycles. The van der Waals surface area contributed by atoms with E-state index in [0.717, 1.165) is 53.4 Å². The van der Waals surface area contributed by atoms with Crippen LogP contribution in [0, 0.1) is 0 Å². The van der Waals surface area contributed by atoms with Crippen molar-refractivity contribution in [1.82, 2.24) is 14.5 Å². The maximum absolute atomic E-state index is 12.3. The quantitative estimate of drug-likeness (QED) is 0.319. The number of hydrogen-bond donors (Lipinski definition) is 1. The molecule has 162 valence electrons. The molecule has 1 aromatic carbocycles. The second-order valence-corrected chi connectivity index (χ2v) is 8.27. The Bertz CT molecular complexity index is 964. The van der Waals surface area contributed by atoms with Crippen LogP contribution in [-0.4, -0.2) is 25.6 Å². The second-order valence-electron chi connectivity index (χ2n) is 8.27. The van der Waals surface area contributed by atoms with Crippen molar-refractivity contribution in [3.05, 3.63) is 36.3 Å². The summed E-state index contributed by atoms with van der Waals surface area (Å²) < 4.78 is 1.99. The van der Waals surface area contributed by atoms with Crippen LogP contribution in [0.25, 0.3) is 21.9 Å². The van der Waals surface area contributed by atoms with Gasteiger partial charge in [-0.15, -0.1) is 0 Å². The number of carbonyl (C=O) groups is 1. The molecule has 3 rings (SSSR count). The smallest absolute Gasteiger partial charge is 0.326 e. The van der Waals surface area contributed by atoms with E-state index in [4.69, 9.17) is 4.98 Å². The molecule has 0 radical (unpaired) electrons. The number of rotatable bonds is 13. The molecule has 5 nitrogen and oxygen atoms in total. The van der Waals surface area contributed by atoms with E-state index in [9.17, 15) is 9.90 Å². The Balaban J connectivity index is 1.82. The minimum atomic E-state index is -0.768. The van der Waals surface area contributed by atoms with Gasteiger partial charge in [0.05, 0.1) is 17.2 Å². The van der Waals surface area contributed by atoms with Gasteiger partial charge in [-0.25, -0.2) is 9.78 Å². The monoisotopic (exact) mass is 409 g/mol. The van der Waals surface area contributed by atoms with E-state index in [1.54, 1.807) is 6.20 Å². The Hall–Kier alpha value is -2.43. The number of aryl methyl sites for hydroxylation is 1. The Morgan fingerprint density at radius 2 is 1.67 bits per heavy atom. The summed E-state index contributed by atoms with van der Waals surface area (Å²) in [6.45, 7) is 4.34. The van der Waals surface area contributed by atoms with E-state index in [2.05, 4.69) is 18.8 Å². The van der Waals surface area contributed by atoms with E-state index in [-0.39, 0.29) is 0 Å². The third-order valence-corrected chi connectivity index (χ3v) is 5.90. The van der Waals surface area contributed by atoms with Crippen LogP contribution in [0.2, 0.25) is 0 Å². The average molecular weight is 410 g/mol. The van der Waals surface area contributed by atoms with Crippen LogP contribution < -0.4 is 0 Å². The molecule has 30 heavy (non-hydrogen) atoms. The van der Waals surface area contributed by atoms with Gasteiger partial charge in [0.25, 0.3) is 0 Å². The maximum atomic E-state index is 12.3. The van der Waals surface area contributed by atoms with E-state index in [0.29, 0.717) is 6.42 Å². The predicted molar refractivity (Wildman–Crippen MR) is 123 cm³/mol. The molecule has 0 aliphatic rings. The summed E-state index contributed by atoms with van der Waals surface area (Å²) in [7, 11) is 0. The van der Waals surface area contributed by atoms with Crippen molar-refractivity contribution in [2.45, 2.75) is 90.5 Å².